The lowest BCUT2D eigenvalue weighted by Gasteiger charge is -2.34. The summed E-state index contributed by atoms with van der Waals surface area (Å²) in [5.74, 6) is 1.65. The number of guanidine groups is 1. The minimum absolute atomic E-state index is 0. The minimum Gasteiger partial charge on any atom is -0.356 e. The van der Waals surface area contributed by atoms with Crippen LogP contribution in [0.2, 0.25) is 0 Å². The zero-order chi connectivity index (χ0) is 18.1. The van der Waals surface area contributed by atoms with Crippen molar-refractivity contribution < 1.29 is 8.42 Å². The van der Waals surface area contributed by atoms with Gasteiger partial charge in [-0.25, -0.2) is 13.1 Å². The number of nitrogens with one attached hydrogen (secondary N) is 2. The number of halogens is 1. The van der Waals surface area contributed by atoms with Crippen LogP contribution in [-0.4, -0.2) is 58.8 Å². The predicted octanol–water partition coefficient (Wildman–Crippen LogP) is 2.07. The average Bonchev–Trinajstić information content (AvgIpc) is 2.59. The Kier molecular flexibility index (Phi) is 10.5. The van der Waals surface area contributed by atoms with Crippen molar-refractivity contribution in [1.29, 1.82) is 0 Å². The van der Waals surface area contributed by atoms with Gasteiger partial charge in [0.1, 0.15) is 0 Å². The van der Waals surface area contributed by atoms with Crippen LogP contribution < -0.4 is 10.0 Å². The van der Waals surface area contributed by atoms with Gasteiger partial charge in [-0.05, 0) is 37.2 Å². The van der Waals surface area contributed by atoms with E-state index in [2.05, 4.69) is 50.3 Å². The molecule has 0 spiro atoms. The topological polar surface area (TPSA) is 73.8 Å². The van der Waals surface area contributed by atoms with Gasteiger partial charge in [0.15, 0.2) is 5.96 Å². The van der Waals surface area contributed by atoms with E-state index < -0.39 is 10.0 Å². The van der Waals surface area contributed by atoms with E-state index in [4.69, 9.17) is 0 Å². The van der Waals surface area contributed by atoms with Crippen molar-refractivity contribution in [3.05, 3.63) is 35.9 Å². The van der Waals surface area contributed by atoms with Crippen LogP contribution in [-0.2, 0) is 16.4 Å². The number of benzene rings is 1. The normalized spacial score (nSPS) is 16.2. The fourth-order valence-electron chi connectivity index (χ4n) is 3.17. The summed E-state index contributed by atoms with van der Waals surface area (Å²) in [5.41, 5.74) is 1.42. The molecule has 1 aromatic carbocycles. The molecule has 0 unspecified atom stereocenters. The Hall–Kier alpha value is -0.870. The van der Waals surface area contributed by atoms with Crippen LogP contribution in [0.1, 0.15) is 24.8 Å². The summed E-state index contributed by atoms with van der Waals surface area (Å²) in [6.07, 6.45) is 5.41. The van der Waals surface area contributed by atoms with Gasteiger partial charge in [0.05, 0.1) is 6.26 Å². The molecule has 0 saturated carbocycles. The molecule has 0 amide bonds. The van der Waals surface area contributed by atoms with E-state index in [0.29, 0.717) is 13.1 Å². The van der Waals surface area contributed by atoms with Crippen molar-refractivity contribution >= 4 is 40.0 Å². The van der Waals surface area contributed by atoms with Gasteiger partial charge in [0, 0.05) is 33.2 Å². The number of aliphatic imine (C=N–C) groups is 1. The standard InChI is InChI=1S/C18H30N4O2S.HI/c1-19-18(20-11-6-12-21-25(2,23)24)22-13-9-17(10-14-22)15-16-7-4-3-5-8-16;/h3-5,7-8,17,21H,6,9-15H2,1-2H3,(H,19,20);1H. The molecule has 2 N–H and O–H groups in total. The number of hydrogen-bond acceptors (Lipinski definition) is 3. The summed E-state index contributed by atoms with van der Waals surface area (Å²) in [6, 6.07) is 10.7. The second-order valence-corrected chi connectivity index (χ2v) is 8.45. The highest BCUT2D eigenvalue weighted by Crippen LogP contribution is 2.21. The summed E-state index contributed by atoms with van der Waals surface area (Å²) in [5, 5.41) is 3.33. The number of hydrogen-bond donors (Lipinski definition) is 2. The number of rotatable bonds is 7. The lowest BCUT2D eigenvalue weighted by atomic mass is 9.90. The van der Waals surface area contributed by atoms with Crippen LogP contribution in [0.4, 0.5) is 0 Å². The summed E-state index contributed by atoms with van der Waals surface area (Å²) in [4.78, 5) is 6.66. The summed E-state index contributed by atoms with van der Waals surface area (Å²) in [6.45, 7) is 3.18. The maximum atomic E-state index is 11.0. The molecule has 0 bridgehead atoms. The molecule has 2 rings (SSSR count). The van der Waals surface area contributed by atoms with E-state index in [1.54, 1.807) is 7.05 Å². The van der Waals surface area contributed by atoms with Crippen molar-refractivity contribution in [2.24, 2.45) is 10.9 Å². The van der Waals surface area contributed by atoms with E-state index in [1.807, 2.05) is 0 Å². The SMILES string of the molecule is CN=C(NCCCNS(C)(=O)=O)N1CCC(Cc2ccccc2)CC1.I. The van der Waals surface area contributed by atoms with E-state index in [9.17, 15) is 8.42 Å². The number of sulfonamides is 1. The Morgan fingerprint density at radius 2 is 1.85 bits per heavy atom. The molecule has 8 heteroatoms. The quantitative estimate of drug-likeness (QED) is 0.264. The third kappa shape index (κ3) is 8.68. The van der Waals surface area contributed by atoms with E-state index in [1.165, 1.54) is 24.7 Å². The summed E-state index contributed by atoms with van der Waals surface area (Å²) < 4.78 is 24.6. The highest BCUT2D eigenvalue weighted by Gasteiger charge is 2.21. The third-order valence-corrected chi connectivity index (χ3v) is 5.22. The smallest absolute Gasteiger partial charge is 0.208 e. The van der Waals surface area contributed by atoms with Crippen molar-refractivity contribution in [2.75, 3.05) is 39.5 Å². The Morgan fingerprint density at radius 1 is 1.19 bits per heavy atom. The first-order valence-electron chi connectivity index (χ1n) is 8.92. The van der Waals surface area contributed by atoms with Crippen LogP contribution in [0.3, 0.4) is 0 Å². The van der Waals surface area contributed by atoms with Crippen LogP contribution in [0.5, 0.6) is 0 Å². The van der Waals surface area contributed by atoms with E-state index in [0.717, 1.165) is 37.8 Å². The molecule has 1 aromatic rings. The molecule has 6 nitrogen and oxygen atoms in total. The number of nitrogens with zero attached hydrogens (tertiary/aromatic N) is 2. The van der Waals surface area contributed by atoms with E-state index in [-0.39, 0.29) is 24.0 Å². The maximum Gasteiger partial charge on any atom is 0.208 e. The van der Waals surface area contributed by atoms with Gasteiger partial charge in [0.25, 0.3) is 0 Å². The fourth-order valence-corrected chi connectivity index (χ4v) is 3.69. The minimum atomic E-state index is -3.10. The fraction of sp³-hybridized carbons (Fsp3) is 0.611. The predicted molar refractivity (Wildman–Crippen MR) is 119 cm³/mol. The van der Waals surface area contributed by atoms with Gasteiger partial charge in [0.2, 0.25) is 10.0 Å². The van der Waals surface area contributed by atoms with E-state index >= 15 is 0 Å². The summed E-state index contributed by atoms with van der Waals surface area (Å²) in [7, 11) is -1.30. The van der Waals surface area contributed by atoms with Crippen molar-refractivity contribution in [1.82, 2.24) is 14.9 Å². The van der Waals surface area contributed by atoms with Gasteiger partial charge in [-0.2, -0.15) is 0 Å². The highest BCUT2D eigenvalue weighted by atomic mass is 127. The Bertz CT molecular complexity index is 644. The molecule has 1 aliphatic rings. The van der Waals surface area contributed by atoms with Gasteiger partial charge in [-0.15, -0.1) is 24.0 Å². The highest BCUT2D eigenvalue weighted by molar-refractivity contribution is 14.0. The average molecular weight is 494 g/mol. The molecular weight excluding hydrogens is 463 g/mol. The monoisotopic (exact) mass is 494 g/mol. The Labute approximate surface area is 174 Å². The zero-order valence-electron chi connectivity index (χ0n) is 15.6. The molecule has 0 aromatic heterocycles. The summed E-state index contributed by atoms with van der Waals surface area (Å²) >= 11 is 0. The molecule has 1 aliphatic heterocycles. The number of piperidine rings is 1. The first kappa shape index (κ1) is 23.2. The lowest BCUT2D eigenvalue weighted by molar-refractivity contribution is 0.259. The van der Waals surface area contributed by atoms with Crippen molar-refractivity contribution in [3.8, 4) is 0 Å². The molecule has 0 atom stereocenters. The van der Waals surface area contributed by atoms with Crippen molar-refractivity contribution in [3.63, 3.8) is 0 Å². The second kappa shape index (κ2) is 11.8. The molecule has 0 aliphatic carbocycles. The third-order valence-electron chi connectivity index (χ3n) is 4.49. The van der Waals surface area contributed by atoms with Gasteiger partial charge < -0.3 is 10.2 Å². The number of likely N-dealkylation sites (tertiary alicyclic amines) is 1. The van der Waals surface area contributed by atoms with Gasteiger partial charge in [-0.1, -0.05) is 30.3 Å². The molecular formula is C18H31IN4O2S. The second-order valence-electron chi connectivity index (χ2n) is 6.61. The van der Waals surface area contributed by atoms with Gasteiger partial charge in [-0.3, -0.25) is 4.99 Å². The van der Waals surface area contributed by atoms with Crippen LogP contribution >= 0.6 is 24.0 Å². The molecule has 1 heterocycles. The maximum absolute atomic E-state index is 11.0. The van der Waals surface area contributed by atoms with Crippen LogP contribution in [0.15, 0.2) is 35.3 Å². The molecule has 26 heavy (non-hydrogen) atoms. The Balaban J connectivity index is 0.00000338. The van der Waals surface area contributed by atoms with Crippen molar-refractivity contribution in [2.45, 2.75) is 25.7 Å². The lowest BCUT2D eigenvalue weighted by Crippen LogP contribution is -2.46. The molecule has 1 saturated heterocycles. The molecule has 148 valence electrons. The van der Waals surface area contributed by atoms with Crippen LogP contribution in [0, 0.1) is 5.92 Å². The first-order chi connectivity index (χ1) is 12.0. The molecule has 0 radical (unpaired) electrons. The molecule has 1 fully saturated rings. The van der Waals surface area contributed by atoms with Gasteiger partial charge >= 0.3 is 0 Å². The largest absolute Gasteiger partial charge is 0.356 e. The Morgan fingerprint density at radius 3 is 2.42 bits per heavy atom. The van der Waals surface area contributed by atoms with Crippen LogP contribution in [0.25, 0.3) is 0 Å². The zero-order valence-corrected chi connectivity index (χ0v) is 18.8. The first-order valence-corrected chi connectivity index (χ1v) is 10.8.